The quantitative estimate of drug-likeness (QED) is 0.0306. The van der Waals surface area contributed by atoms with Crippen LogP contribution in [0.25, 0.3) is 0 Å². The van der Waals surface area contributed by atoms with Gasteiger partial charge in [0.1, 0.15) is 11.8 Å². The zero-order valence-electron chi connectivity index (χ0n) is 30.3. The minimum Gasteiger partial charge on any atom is -0.480 e. The maximum absolute atomic E-state index is 12.6. The van der Waals surface area contributed by atoms with Gasteiger partial charge in [-0.3, -0.25) is 4.79 Å². The highest BCUT2D eigenvalue weighted by atomic mass is 16.6. The Hall–Kier alpha value is -7.94. The summed E-state index contributed by atoms with van der Waals surface area (Å²) in [6.07, 6.45) is 0.637. The summed E-state index contributed by atoms with van der Waals surface area (Å²) in [6.45, 7) is 3.33. The number of anilines is 4. The van der Waals surface area contributed by atoms with Gasteiger partial charge in [0.15, 0.2) is 6.19 Å². The van der Waals surface area contributed by atoms with Gasteiger partial charge >= 0.3 is 30.1 Å². The van der Waals surface area contributed by atoms with Crippen molar-refractivity contribution in [1.82, 2.24) is 20.8 Å². The number of amides is 2. The molecule has 0 saturated carbocycles. The van der Waals surface area contributed by atoms with Gasteiger partial charge in [-0.1, -0.05) is 42.5 Å². The van der Waals surface area contributed by atoms with Gasteiger partial charge in [-0.25, -0.2) is 19.7 Å². The van der Waals surface area contributed by atoms with E-state index in [1.807, 2.05) is 6.07 Å². The lowest BCUT2D eigenvalue weighted by Crippen LogP contribution is -2.43. The number of carbonyl (C=O) groups excluding carboxylic acids is 3. The molecule has 7 N–H and O–H groups in total. The van der Waals surface area contributed by atoms with Gasteiger partial charge in [-0.2, -0.15) is 15.2 Å². The third-order valence-corrected chi connectivity index (χ3v) is 7.03. The molecule has 288 valence electrons. The molecular weight excluding hydrogens is 726 g/mol. The molecule has 1 atom stereocenters. The zero-order valence-corrected chi connectivity index (χ0v) is 30.3. The number of hydrogen-bond donors (Lipinski definition) is 6. The highest BCUT2D eigenvalue weighted by Crippen LogP contribution is 2.19. The Morgan fingerprint density at radius 3 is 2.29 bits per heavy atom. The monoisotopic (exact) mass is 763 g/mol. The number of benzene rings is 4. The fourth-order valence-corrected chi connectivity index (χ4v) is 4.57. The second kappa shape index (κ2) is 20.3. The Kier molecular flexibility index (Phi) is 14.8. The maximum atomic E-state index is 12.6. The first-order valence-electron chi connectivity index (χ1n) is 16.6. The molecule has 4 aromatic carbocycles. The number of aromatic nitrogens is 2. The first-order valence-corrected chi connectivity index (χ1v) is 16.6. The molecular formula is C38H37N9O9. The van der Waals surface area contributed by atoms with E-state index in [0.717, 1.165) is 0 Å². The summed E-state index contributed by atoms with van der Waals surface area (Å²) in [4.78, 5) is 55.4. The van der Waals surface area contributed by atoms with Crippen molar-refractivity contribution in [1.29, 1.82) is 5.26 Å². The van der Waals surface area contributed by atoms with Gasteiger partial charge in [0, 0.05) is 23.4 Å². The molecule has 5 rings (SSSR count). The lowest BCUT2D eigenvalue weighted by Gasteiger charge is -2.16. The number of amidine groups is 1. The van der Waals surface area contributed by atoms with Crippen LogP contribution in [0.1, 0.15) is 40.1 Å². The van der Waals surface area contributed by atoms with Gasteiger partial charge < -0.3 is 45.5 Å². The number of carboxylic acids is 1. The maximum Gasteiger partial charge on any atom is 0.408 e. The Morgan fingerprint density at radius 2 is 1.64 bits per heavy atom. The average Bonchev–Trinajstić information content (AvgIpc) is 3.59. The summed E-state index contributed by atoms with van der Waals surface area (Å²) < 4.78 is 19.8. The number of nitriles is 1. The van der Waals surface area contributed by atoms with E-state index in [1.165, 1.54) is 7.11 Å². The van der Waals surface area contributed by atoms with E-state index in [2.05, 4.69) is 45.7 Å². The summed E-state index contributed by atoms with van der Waals surface area (Å²) in [5.41, 5.74) is 8.31. The van der Waals surface area contributed by atoms with E-state index in [4.69, 9.17) is 20.5 Å². The molecule has 5 aromatic rings. The number of aliphatic carboxylic acids is 1. The highest BCUT2D eigenvalue weighted by molar-refractivity contribution is 6.04. The number of para-hydroxylation sites is 1. The predicted octanol–water partition coefficient (Wildman–Crippen LogP) is 5.39. The van der Waals surface area contributed by atoms with Crippen LogP contribution in [0, 0.1) is 11.5 Å². The number of hydrogen-bond acceptors (Lipinski definition) is 14. The second-order valence-corrected chi connectivity index (χ2v) is 11.6. The van der Waals surface area contributed by atoms with Gasteiger partial charge in [0.2, 0.25) is 0 Å². The molecule has 0 aliphatic carbocycles. The van der Waals surface area contributed by atoms with Crippen molar-refractivity contribution in [3.05, 3.63) is 120 Å². The van der Waals surface area contributed by atoms with Crippen LogP contribution >= 0.6 is 0 Å². The molecule has 18 heteroatoms. The Balaban J connectivity index is 0.000000273. The number of alkyl carbamates (subject to hydrolysis) is 1. The minimum absolute atomic E-state index is 0.00992. The van der Waals surface area contributed by atoms with Crippen LogP contribution in [0.5, 0.6) is 5.75 Å². The number of rotatable bonds is 12. The SMILES string of the molecule is CC(C)OC(=O)NC(Cc1ccc(NC(=O)c2cccc(Nc3noc(N)n3)c2)cc1)C(=O)O.COC(=O)c1cccc(N=C(NC#N)Oc2ccccc2)c1. The predicted molar refractivity (Wildman–Crippen MR) is 203 cm³/mol. The van der Waals surface area contributed by atoms with Crippen molar-refractivity contribution in [2.75, 3.05) is 23.5 Å². The molecule has 2 amide bonds. The van der Waals surface area contributed by atoms with Crippen LogP contribution in [0.3, 0.4) is 0 Å². The Bertz CT molecular complexity index is 2180. The zero-order chi connectivity index (χ0) is 40.5. The van der Waals surface area contributed by atoms with Crippen LogP contribution < -0.4 is 31.7 Å². The molecule has 1 heterocycles. The first kappa shape index (κ1) is 40.8. The molecule has 1 unspecified atom stereocenters. The summed E-state index contributed by atoms with van der Waals surface area (Å²) in [5.74, 6) is -1.30. The van der Waals surface area contributed by atoms with Crippen molar-refractivity contribution in [2.45, 2.75) is 32.4 Å². The highest BCUT2D eigenvalue weighted by Gasteiger charge is 2.22. The molecule has 18 nitrogen and oxygen atoms in total. The van der Waals surface area contributed by atoms with Crippen molar-refractivity contribution in [3.63, 3.8) is 0 Å². The van der Waals surface area contributed by atoms with Crippen molar-refractivity contribution >= 4 is 59.0 Å². The molecule has 0 aliphatic heterocycles. The lowest BCUT2D eigenvalue weighted by atomic mass is 10.1. The Morgan fingerprint density at radius 1 is 0.929 bits per heavy atom. The fraction of sp³-hybridized carbons (Fsp3) is 0.158. The number of aliphatic imine (C=N–C) groups is 1. The van der Waals surface area contributed by atoms with Gasteiger partial charge in [-0.15, -0.1) is 0 Å². The van der Waals surface area contributed by atoms with E-state index < -0.39 is 24.1 Å². The number of ether oxygens (including phenoxy) is 3. The summed E-state index contributed by atoms with van der Waals surface area (Å²) >= 11 is 0. The van der Waals surface area contributed by atoms with Gasteiger partial charge in [0.05, 0.1) is 24.5 Å². The normalized spacial score (nSPS) is 11.1. The third kappa shape index (κ3) is 13.2. The van der Waals surface area contributed by atoms with Gasteiger partial charge in [-0.05, 0) is 85.2 Å². The molecule has 0 saturated heterocycles. The first-order chi connectivity index (χ1) is 26.9. The lowest BCUT2D eigenvalue weighted by molar-refractivity contribution is -0.139. The number of nitrogen functional groups attached to an aromatic ring is 1. The number of nitrogens with zero attached hydrogens (tertiary/aromatic N) is 4. The van der Waals surface area contributed by atoms with Crippen LogP contribution in [0.2, 0.25) is 0 Å². The molecule has 0 fully saturated rings. The molecule has 0 bridgehead atoms. The smallest absolute Gasteiger partial charge is 0.408 e. The van der Waals surface area contributed by atoms with E-state index in [0.29, 0.717) is 39.5 Å². The number of methoxy groups -OCH3 is 1. The molecule has 0 aliphatic rings. The van der Waals surface area contributed by atoms with Crippen LogP contribution in [-0.4, -0.2) is 64.5 Å². The van der Waals surface area contributed by atoms with Crippen LogP contribution in [-0.2, 0) is 20.7 Å². The fourth-order valence-electron chi connectivity index (χ4n) is 4.57. The van der Waals surface area contributed by atoms with E-state index >= 15 is 0 Å². The molecule has 1 aromatic heterocycles. The summed E-state index contributed by atoms with van der Waals surface area (Å²) in [5, 5.41) is 32.1. The average molecular weight is 764 g/mol. The minimum atomic E-state index is -1.19. The number of carboxylic acid groups (broad SMARTS) is 1. The van der Waals surface area contributed by atoms with E-state index in [-0.39, 0.29) is 36.4 Å². The molecule has 0 spiro atoms. The summed E-state index contributed by atoms with van der Waals surface area (Å²) in [7, 11) is 1.31. The van der Waals surface area contributed by atoms with E-state index in [9.17, 15) is 24.3 Å². The van der Waals surface area contributed by atoms with Crippen LogP contribution in [0.15, 0.2) is 113 Å². The third-order valence-electron chi connectivity index (χ3n) is 7.03. The largest absolute Gasteiger partial charge is 0.480 e. The Labute approximate surface area is 320 Å². The van der Waals surface area contributed by atoms with Crippen molar-refractivity contribution in [3.8, 4) is 11.9 Å². The molecule has 56 heavy (non-hydrogen) atoms. The number of carbonyl (C=O) groups is 4. The number of nitrogens with one attached hydrogen (secondary N) is 4. The second-order valence-electron chi connectivity index (χ2n) is 11.6. The molecule has 0 radical (unpaired) electrons. The topological polar surface area (TPSA) is 265 Å². The summed E-state index contributed by atoms with van der Waals surface area (Å²) in [6, 6.07) is 27.5. The van der Waals surface area contributed by atoms with Crippen molar-refractivity contribution in [2.24, 2.45) is 4.99 Å². The standard InChI is InChI=1S/C22H24N6O6.C16H13N3O3/c1-12(2)33-22(32)26-17(19(30)31)10-13-6-8-15(9-7-13)24-18(29)14-4-3-5-16(11-14)25-21-27-20(23)34-28-21;1-21-15(20)12-6-5-7-13(10-12)19-16(18-11-17)22-14-8-3-2-4-9-14/h3-9,11-12,17H,10H2,1-2H3,(H,24,29)(H,26,32)(H,30,31)(H3,23,25,27,28);2-10H,1H3,(H,18,19). The number of esters is 1. The van der Waals surface area contributed by atoms with Gasteiger partial charge in [0.25, 0.3) is 11.9 Å². The van der Waals surface area contributed by atoms with Crippen LogP contribution in [0.4, 0.5) is 33.8 Å². The number of nitrogens with two attached hydrogens (primary N) is 1. The van der Waals surface area contributed by atoms with E-state index in [1.54, 1.807) is 117 Å². The van der Waals surface area contributed by atoms with Crippen molar-refractivity contribution < 1.29 is 43.0 Å².